The van der Waals surface area contributed by atoms with Gasteiger partial charge in [0.25, 0.3) is 0 Å². The summed E-state index contributed by atoms with van der Waals surface area (Å²) >= 11 is 0. The van der Waals surface area contributed by atoms with Crippen LogP contribution in [0.15, 0.2) is 12.3 Å². The van der Waals surface area contributed by atoms with E-state index in [4.69, 9.17) is 4.74 Å². The lowest BCUT2D eigenvalue weighted by molar-refractivity contribution is -0.161. The second kappa shape index (κ2) is 5.82. The SMILES string of the molecule is CC(C)(C)OC(=O)C1CC2CCC1N2Cc1cc(F)ncc1F. The Morgan fingerprint density at radius 3 is 2.83 bits per heavy atom. The molecule has 2 fully saturated rings. The van der Waals surface area contributed by atoms with Gasteiger partial charge in [-0.05, 0) is 40.0 Å². The van der Waals surface area contributed by atoms with E-state index in [0.717, 1.165) is 31.5 Å². The number of carbonyl (C=O) groups is 1. The molecule has 2 bridgehead atoms. The minimum absolute atomic E-state index is 0.0467. The Balaban J connectivity index is 1.73. The van der Waals surface area contributed by atoms with Gasteiger partial charge in [-0.1, -0.05) is 0 Å². The van der Waals surface area contributed by atoms with Gasteiger partial charge >= 0.3 is 5.97 Å². The Morgan fingerprint density at radius 2 is 2.13 bits per heavy atom. The van der Waals surface area contributed by atoms with Crippen LogP contribution >= 0.6 is 0 Å². The molecule has 2 aliphatic rings. The van der Waals surface area contributed by atoms with Gasteiger partial charge in [-0.2, -0.15) is 4.39 Å². The maximum Gasteiger partial charge on any atom is 0.311 e. The number of hydrogen-bond acceptors (Lipinski definition) is 4. The van der Waals surface area contributed by atoms with Crippen molar-refractivity contribution >= 4 is 5.97 Å². The third-order valence-electron chi connectivity index (χ3n) is 4.64. The van der Waals surface area contributed by atoms with E-state index in [1.165, 1.54) is 0 Å². The molecule has 3 unspecified atom stereocenters. The first-order valence-electron chi connectivity index (χ1n) is 8.03. The molecule has 3 rings (SSSR count). The Hall–Kier alpha value is -1.56. The fourth-order valence-electron chi connectivity index (χ4n) is 3.75. The van der Waals surface area contributed by atoms with Crippen LogP contribution in [-0.4, -0.2) is 33.5 Å². The molecule has 3 atom stereocenters. The van der Waals surface area contributed by atoms with Crippen LogP contribution in [-0.2, 0) is 16.1 Å². The van der Waals surface area contributed by atoms with Gasteiger partial charge in [-0.25, -0.2) is 9.37 Å². The predicted octanol–water partition coefficient (Wildman–Crippen LogP) is 3.05. The number of hydrogen-bond donors (Lipinski definition) is 0. The topological polar surface area (TPSA) is 42.4 Å². The van der Waals surface area contributed by atoms with Crippen LogP contribution in [0.1, 0.15) is 45.6 Å². The highest BCUT2D eigenvalue weighted by Gasteiger charge is 2.50. The van der Waals surface area contributed by atoms with E-state index in [9.17, 15) is 13.6 Å². The van der Waals surface area contributed by atoms with Gasteiger partial charge in [0.15, 0.2) is 0 Å². The van der Waals surface area contributed by atoms with Gasteiger partial charge in [0.2, 0.25) is 5.95 Å². The Bertz CT molecular complexity index is 615. The van der Waals surface area contributed by atoms with Crippen molar-refractivity contribution in [1.82, 2.24) is 9.88 Å². The molecular weight excluding hydrogens is 302 g/mol. The fraction of sp³-hybridized carbons (Fsp3) is 0.647. The summed E-state index contributed by atoms with van der Waals surface area (Å²) in [5.41, 5.74) is -0.219. The molecule has 0 saturated carbocycles. The zero-order chi connectivity index (χ0) is 16.8. The van der Waals surface area contributed by atoms with Crippen molar-refractivity contribution in [2.75, 3.05) is 0 Å². The fourth-order valence-corrected chi connectivity index (χ4v) is 3.75. The molecule has 2 saturated heterocycles. The normalized spacial score (nSPS) is 27.4. The van der Waals surface area contributed by atoms with Gasteiger partial charge < -0.3 is 4.74 Å². The van der Waals surface area contributed by atoms with Crippen molar-refractivity contribution < 1.29 is 18.3 Å². The van der Waals surface area contributed by atoms with Crippen molar-refractivity contribution in [3.05, 3.63) is 29.6 Å². The number of fused-ring (bicyclic) bond motifs is 2. The molecule has 4 nitrogen and oxygen atoms in total. The molecule has 6 heteroatoms. The van der Waals surface area contributed by atoms with Gasteiger partial charge in [-0.3, -0.25) is 9.69 Å². The lowest BCUT2D eigenvalue weighted by atomic mass is 9.89. The third-order valence-corrected chi connectivity index (χ3v) is 4.64. The second-order valence-electron chi connectivity index (χ2n) is 7.44. The monoisotopic (exact) mass is 324 g/mol. The first-order valence-corrected chi connectivity index (χ1v) is 8.03. The summed E-state index contributed by atoms with van der Waals surface area (Å²) in [5.74, 6) is -1.55. The minimum Gasteiger partial charge on any atom is -0.460 e. The van der Waals surface area contributed by atoms with Gasteiger partial charge in [0.1, 0.15) is 11.4 Å². The molecule has 1 aromatic heterocycles. The summed E-state index contributed by atoms with van der Waals surface area (Å²) in [6.07, 6.45) is 3.52. The molecule has 3 heterocycles. The van der Waals surface area contributed by atoms with Crippen LogP contribution in [0.3, 0.4) is 0 Å². The molecular formula is C17H22F2N2O2. The number of nitrogens with zero attached hydrogens (tertiary/aromatic N) is 2. The smallest absolute Gasteiger partial charge is 0.311 e. The van der Waals surface area contributed by atoms with E-state index in [1.54, 1.807) is 0 Å². The zero-order valence-corrected chi connectivity index (χ0v) is 13.7. The van der Waals surface area contributed by atoms with Crippen LogP contribution in [0, 0.1) is 17.7 Å². The molecule has 0 N–H and O–H groups in total. The maximum atomic E-state index is 13.8. The number of rotatable bonds is 3. The zero-order valence-electron chi connectivity index (χ0n) is 13.7. The number of esters is 1. The van der Waals surface area contributed by atoms with Crippen LogP contribution in [0.5, 0.6) is 0 Å². The van der Waals surface area contributed by atoms with E-state index in [-0.39, 0.29) is 24.0 Å². The van der Waals surface area contributed by atoms with Crippen molar-refractivity contribution in [3.63, 3.8) is 0 Å². The van der Waals surface area contributed by atoms with Gasteiger partial charge in [0, 0.05) is 30.3 Å². The Labute approximate surface area is 134 Å². The molecule has 126 valence electrons. The highest BCUT2D eigenvalue weighted by Crippen LogP contribution is 2.43. The molecule has 0 radical (unpaired) electrons. The third kappa shape index (κ3) is 3.37. The van der Waals surface area contributed by atoms with Crippen molar-refractivity contribution in [2.45, 2.75) is 64.3 Å². The Kier molecular flexibility index (Phi) is 4.12. The van der Waals surface area contributed by atoms with E-state index < -0.39 is 17.4 Å². The number of pyridine rings is 1. The van der Waals surface area contributed by atoms with Crippen molar-refractivity contribution in [2.24, 2.45) is 5.92 Å². The maximum absolute atomic E-state index is 13.8. The molecule has 0 aromatic carbocycles. The molecule has 0 aliphatic carbocycles. The standard InChI is InChI=1S/C17H22F2N2O2/c1-17(2,3)23-16(22)12-7-11-4-5-14(12)21(11)9-10-6-15(19)20-8-13(10)18/h6,8,11-12,14H,4-5,7,9H2,1-3H3. The lowest BCUT2D eigenvalue weighted by Crippen LogP contribution is -2.36. The van der Waals surface area contributed by atoms with Crippen LogP contribution in [0.25, 0.3) is 0 Å². The summed E-state index contributed by atoms with van der Waals surface area (Å²) in [5, 5.41) is 0. The van der Waals surface area contributed by atoms with E-state index in [0.29, 0.717) is 12.1 Å². The highest BCUT2D eigenvalue weighted by molar-refractivity contribution is 5.74. The number of halogens is 2. The molecule has 1 aromatic rings. The molecule has 2 aliphatic heterocycles. The minimum atomic E-state index is -0.684. The van der Waals surface area contributed by atoms with Crippen molar-refractivity contribution in [1.29, 1.82) is 0 Å². The van der Waals surface area contributed by atoms with Crippen molar-refractivity contribution in [3.8, 4) is 0 Å². The quantitative estimate of drug-likeness (QED) is 0.633. The van der Waals surface area contributed by atoms with E-state index >= 15 is 0 Å². The predicted molar refractivity (Wildman–Crippen MR) is 80.5 cm³/mol. The molecule has 0 spiro atoms. The van der Waals surface area contributed by atoms with Crippen LogP contribution in [0.4, 0.5) is 8.78 Å². The number of ether oxygens (including phenoxy) is 1. The summed E-state index contributed by atoms with van der Waals surface area (Å²) in [4.78, 5) is 17.8. The number of carbonyl (C=O) groups excluding carboxylic acids is 1. The average molecular weight is 324 g/mol. The van der Waals surface area contributed by atoms with E-state index in [1.807, 2.05) is 20.8 Å². The van der Waals surface area contributed by atoms with Gasteiger partial charge in [0.05, 0.1) is 12.1 Å². The van der Waals surface area contributed by atoms with Crippen LogP contribution < -0.4 is 0 Å². The molecule has 0 amide bonds. The second-order valence-corrected chi connectivity index (χ2v) is 7.44. The lowest BCUT2D eigenvalue weighted by Gasteiger charge is -2.27. The number of aromatic nitrogens is 1. The first kappa shape index (κ1) is 16.3. The largest absolute Gasteiger partial charge is 0.460 e. The summed E-state index contributed by atoms with van der Waals surface area (Å²) < 4.78 is 32.6. The highest BCUT2D eigenvalue weighted by atomic mass is 19.1. The first-order chi connectivity index (χ1) is 10.7. The van der Waals surface area contributed by atoms with Crippen LogP contribution in [0.2, 0.25) is 0 Å². The summed E-state index contributed by atoms with van der Waals surface area (Å²) in [7, 11) is 0. The Morgan fingerprint density at radius 1 is 1.39 bits per heavy atom. The summed E-state index contributed by atoms with van der Waals surface area (Å²) in [6, 6.07) is 1.41. The summed E-state index contributed by atoms with van der Waals surface area (Å²) in [6.45, 7) is 5.86. The van der Waals surface area contributed by atoms with Gasteiger partial charge in [-0.15, -0.1) is 0 Å². The average Bonchev–Trinajstić information content (AvgIpc) is 2.98. The van der Waals surface area contributed by atoms with E-state index in [2.05, 4.69) is 9.88 Å². The molecule has 23 heavy (non-hydrogen) atoms.